The Labute approximate surface area is 78.2 Å². The van der Waals surface area contributed by atoms with Gasteiger partial charge in [-0.1, -0.05) is 19.9 Å². The Morgan fingerprint density at radius 2 is 2.08 bits per heavy atom. The van der Waals surface area contributed by atoms with Crippen molar-refractivity contribution in [2.45, 2.75) is 26.7 Å². The Morgan fingerprint density at radius 1 is 1.23 bits per heavy atom. The summed E-state index contributed by atoms with van der Waals surface area (Å²) >= 11 is 0. The van der Waals surface area contributed by atoms with Crippen LogP contribution < -0.4 is 0 Å². The molecule has 13 heavy (non-hydrogen) atoms. The van der Waals surface area contributed by atoms with Gasteiger partial charge in [-0.05, 0) is 25.0 Å². The van der Waals surface area contributed by atoms with Gasteiger partial charge in [0.25, 0.3) is 0 Å². The molecule has 0 saturated carbocycles. The highest BCUT2D eigenvalue weighted by Crippen LogP contribution is 2.13. The fourth-order valence-electron chi connectivity index (χ4n) is 1.75. The van der Waals surface area contributed by atoms with Crippen LogP contribution in [0.25, 0.3) is 5.65 Å². The molecule has 0 radical (unpaired) electrons. The third-order valence-electron chi connectivity index (χ3n) is 2.38. The Hall–Kier alpha value is -1.31. The molecule has 0 N–H and O–H groups in total. The van der Waals surface area contributed by atoms with Crippen molar-refractivity contribution in [3.05, 3.63) is 35.8 Å². The summed E-state index contributed by atoms with van der Waals surface area (Å²) in [6, 6.07) is 6.13. The minimum Gasteiger partial charge on any atom is -0.304 e. The standard InChI is InChI=1S/C11H14N2/c1-3-9-10(4-2)13-8-6-5-7-11(13)12-9/h5-8H,3-4H2,1-2H3. The van der Waals surface area contributed by atoms with E-state index in [1.165, 1.54) is 11.4 Å². The summed E-state index contributed by atoms with van der Waals surface area (Å²) in [6.45, 7) is 4.33. The quantitative estimate of drug-likeness (QED) is 0.683. The number of rotatable bonds is 2. The summed E-state index contributed by atoms with van der Waals surface area (Å²) in [5.41, 5.74) is 3.64. The Balaban J connectivity index is 2.73. The highest BCUT2D eigenvalue weighted by atomic mass is 15.0. The van der Waals surface area contributed by atoms with Gasteiger partial charge in [0.15, 0.2) is 0 Å². The van der Waals surface area contributed by atoms with Crippen molar-refractivity contribution in [1.29, 1.82) is 0 Å². The average molecular weight is 174 g/mol. The summed E-state index contributed by atoms with van der Waals surface area (Å²) in [5.74, 6) is 0. The molecule has 0 fully saturated rings. The van der Waals surface area contributed by atoms with Crippen LogP contribution in [0.5, 0.6) is 0 Å². The first-order chi connectivity index (χ1) is 6.36. The third-order valence-corrected chi connectivity index (χ3v) is 2.38. The van der Waals surface area contributed by atoms with E-state index in [-0.39, 0.29) is 0 Å². The zero-order valence-corrected chi connectivity index (χ0v) is 8.12. The molecule has 2 aromatic rings. The summed E-state index contributed by atoms with van der Waals surface area (Å²) in [6.07, 6.45) is 4.15. The maximum atomic E-state index is 4.56. The van der Waals surface area contributed by atoms with E-state index in [9.17, 15) is 0 Å². The van der Waals surface area contributed by atoms with Crippen molar-refractivity contribution in [1.82, 2.24) is 9.38 Å². The lowest BCUT2D eigenvalue weighted by Crippen LogP contribution is -1.92. The Bertz CT molecular complexity index is 415. The molecule has 0 amide bonds. The number of aromatic nitrogens is 2. The van der Waals surface area contributed by atoms with Gasteiger partial charge in [0.05, 0.1) is 5.69 Å². The van der Waals surface area contributed by atoms with Gasteiger partial charge < -0.3 is 4.40 Å². The minimum atomic E-state index is 1.02. The lowest BCUT2D eigenvalue weighted by Gasteiger charge is -1.98. The van der Waals surface area contributed by atoms with E-state index >= 15 is 0 Å². The normalized spacial score (nSPS) is 10.9. The van der Waals surface area contributed by atoms with E-state index < -0.39 is 0 Å². The molecule has 0 unspecified atom stereocenters. The molecule has 0 saturated heterocycles. The van der Waals surface area contributed by atoms with Crippen molar-refractivity contribution in [2.24, 2.45) is 0 Å². The van der Waals surface area contributed by atoms with Crippen LogP contribution in [-0.2, 0) is 12.8 Å². The molecule has 0 atom stereocenters. The van der Waals surface area contributed by atoms with Crippen molar-refractivity contribution in [3.63, 3.8) is 0 Å². The first-order valence-corrected chi connectivity index (χ1v) is 4.81. The zero-order valence-electron chi connectivity index (χ0n) is 8.12. The highest BCUT2D eigenvalue weighted by molar-refractivity contribution is 5.43. The van der Waals surface area contributed by atoms with Crippen molar-refractivity contribution in [3.8, 4) is 0 Å². The largest absolute Gasteiger partial charge is 0.304 e. The van der Waals surface area contributed by atoms with Gasteiger partial charge in [0.2, 0.25) is 0 Å². The summed E-state index contributed by atoms with van der Waals surface area (Å²) in [7, 11) is 0. The van der Waals surface area contributed by atoms with E-state index in [0.29, 0.717) is 0 Å². The molecule has 0 aliphatic rings. The molecule has 2 heteroatoms. The Kier molecular flexibility index (Phi) is 2.05. The lowest BCUT2D eigenvalue weighted by molar-refractivity contribution is 0.942. The zero-order chi connectivity index (χ0) is 9.26. The second-order valence-corrected chi connectivity index (χ2v) is 3.14. The fraction of sp³-hybridized carbons (Fsp3) is 0.364. The number of hydrogen-bond acceptors (Lipinski definition) is 1. The van der Waals surface area contributed by atoms with Crippen LogP contribution >= 0.6 is 0 Å². The molecule has 2 heterocycles. The molecular weight excluding hydrogens is 160 g/mol. The van der Waals surface area contributed by atoms with Crippen LogP contribution in [0.15, 0.2) is 24.4 Å². The van der Waals surface area contributed by atoms with Crippen LogP contribution in [0.4, 0.5) is 0 Å². The van der Waals surface area contributed by atoms with Crippen LogP contribution in [0.3, 0.4) is 0 Å². The molecule has 2 rings (SSSR count). The predicted octanol–water partition coefficient (Wildman–Crippen LogP) is 2.46. The predicted molar refractivity (Wildman–Crippen MR) is 53.9 cm³/mol. The molecule has 0 aromatic carbocycles. The number of fused-ring (bicyclic) bond motifs is 1. The molecule has 2 aromatic heterocycles. The summed E-state index contributed by atoms with van der Waals surface area (Å²) < 4.78 is 2.18. The molecular formula is C11H14N2. The van der Waals surface area contributed by atoms with Gasteiger partial charge in [-0.2, -0.15) is 0 Å². The van der Waals surface area contributed by atoms with E-state index in [0.717, 1.165) is 18.5 Å². The average Bonchev–Trinajstić information content (AvgIpc) is 2.55. The van der Waals surface area contributed by atoms with Crippen molar-refractivity contribution < 1.29 is 0 Å². The molecule has 68 valence electrons. The maximum Gasteiger partial charge on any atom is 0.137 e. The molecule has 0 aliphatic carbocycles. The molecule has 0 aliphatic heterocycles. The monoisotopic (exact) mass is 174 g/mol. The molecule has 0 bridgehead atoms. The Morgan fingerprint density at radius 3 is 2.77 bits per heavy atom. The second kappa shape index (κ2) is 3.21. The van der Waals surface area contributed by atoms with E-state index in [1.807, 2.05) is 12.1 Å². The summed E-state index contributed by atoms with van der Waals surface area (Å²) in [4.78, 5) is 4.56. The SMILES string of the molecule is CCc1nc2ccccn2c1CC. The van der Waals surface area contributed by atoms with Crippen LogP contribution in [0, 0.1) is 0 Å². The smallest absolute Gasteiger partial charge is 0.137 e. The van der Waals surface area contributed by atoms with Crippen LogP contribution in [0.1, 0.15) is 25.2 Å². The number of hydrogen-bond donors (Lipinski definition) is 0. The molecule has 0 spiro atoms. The first-order valence-electron chi connectivity index (χ1n) is 4.81. The first kappa shape index (κ1) is 8.30. The highest BCUT2D eigenvalue weighted by Gasteiger charge is 2.06. The van der Waals surface area contributed by atoms with Crippen LogP contribution in [0.2, 0.25) is 0 Å². The third kappa shape index (κ3) is 1.22. The second-order valence-electron chi connectivity index (χ2n) is 3.14. The van der Waals surface area contributed by atoms with Gasteiger partial charge in [0, 0.05) is 11.9 Å². The van der Waals surface area contributed by atoms with Crippen molar-refractivity contribution >= 4 is 5.65 Å². The van der Waals surface area contributed by atoms with Gasteiger partial charge in [-0.25, -0.2) is 4.98 Å². The van der Waals surface area contributed by atoms with E-state index in [1.54, 1.807) is 0 Å². The number of nitrogens with zero attached hydrogens (tertiary/aromatic N) is 2. The van der Waals surface area contributed by atoms with Gasteiger partial charge in [0.1, 0.15) is 5.65 Å². The fourth-order valence-corrected chi connectivity index (χ4v) is 1.75. The van der Waals surface area contributed by atoms with E-state index in [4.69, 9.17) is 0 Å². The van der Waals surface area contributed by atoms with Gasteiger partial charge in [-0.15, -0.1) is 0 Å². The topological polar surface area (TPSA) is 17.3 Å². The lowest BCUT2D eigenvalue weighted by atomic mass is 10.2. The number of imidazole rings is 1. The van der Waals surface area contributed by atoms with Crippen molar-refractivity contribution in [2.75, 3.05) is 0 Å². The maximum absolute atomic E-state index is 4.56. The van der Waals surface area contributed by atoms with E-state index in [2.05, 4.69) is 35.5 Å². The van der Waals surface area contributed by atoms with Crippen LogP contribution in [-0.4, -0.2) is 9.38 Å². The van der Waals surface area contributed by atoms with Gasteiger partial charge in [-0.3, -0.25) is 0 Å². The molecule has 2 nitrogen and oxygen atoms in total. The van der Waals surface area contributed by atoms with Gasteiger partial charge >= 0.3 is 0 Å². The number of pyridine rings is 1. The minimum absolute atomic E-state index is 1.02. The summed E-state index contributed by atoms with van der Waals surface area (Å²) in [5, 5.41) is 0. The number of aryl methyl sites for hydroxylation is 2.